The molecule has 2 aromatic carbocycles. The summed E-state index contributed by atoms with van der Waals surface area (Å²) >= 11 is 6.50. The number of aromatic nitrogens is 3. The Labute approximate surface area is 208 Å². The van der Waals surface area contributed by atoms with E-state index in [1.807, 2.05) is 6.07 Å². The first-order valence-corrected chi connectivity index (χ1v) is 11.6. The molecule has 1 fully saturated rings. The maximum absolute atomic E-state index is 14.8. The Hall–Kier alpha value is -3.62. The van der Waals surface area contributed by atoms with Crippen LogP contribution in [-0.4, -0.2) is 44.9 Å². The van der Waals surface area contributed by atoms with Gasteiger partial charge in [-0.15, -0.1) is 0 Å². The highest BCUT2D eigenvalue weighted by atomic mass is 35.5. The highest BCUT2D eigenvalue weighted by Gasteiger charge is 2.21. The van der Waals surface area contributed by atoms with Crippen molar-refractivity contribution in [2.75, 3.05) is 24.5 Å². The van der Waals surface area contributed by atoms with Crippen molar-refractivity contribution in [3.8, 4) is 33.7 Å². The standard InChI is InChI=1S/C26H25ClFN5O2/c1-16-15-29-7-8-32(16)24-12-18(5-6-30-24)21-14-19(28)13-20(25(21)34)17-3-4-23(22(27)11-17)33-10-9-31(2)26(33)35/h3-6,9-14,16,29,34H,7-8,15H2,1-2H3/t16-/m0/s1/i2D. The van der Waals surface area contributed by atoms with E-state index in [1.54, 1.807) is 30.5 Å². The Bertz CT molecular complexity index is 1490. The Morgan fingerprint density at radius 3 is 2.63 bits per heavy atom. The number of nitrogens with one attached hydrogen (secondary N) is 1. The predicted octanol–water partition coefficient (Wildman–Crippen LogP) is 4.20. The second-order valence-electron chi connectivity index (χ2n) is 8.59. The highest BCUT2D eigenvalue weighted by molar-refractivity contribution is 6.32. The third kappa shape index (κ3) is 4.31. The molecule has 0 aliphatic carbocycles. The van der Waals surface area contributed by atoms with Gasteiger partial charge in [-0.3, -0.25) is 4.57 Å². The fraction of sp³-hybridized carbons (Fsp3) is 0.231. The number of halogens is 2. The van der Waals surface area contributed by atoms with Crippen LogP contribution >= 0.6 is 11.6 Å². The van der Waals surface area contributed by atoms with Crippen LogP contribution in [0.1, 0.15) is 8.29 Å². The van der Waals surface area contributed by atoms with Gasteiger partial charge in [0, 0.05) is 63.8 Å². The number of hydrogen-bond acceptors (Lipinski definition) is 5. The topological polar surface area (TPSA) is 75.3 Å². The van der Waals surface area contributed by atoms with Crippen molar-refractivity contribution in [2.24, 2.45) is 7.02 Å². The van der Waals surface area contributed by atoms with Gasteiger partial charge in [0.25, 0.3) is 0 Å². The summed E-state index contributed by atoms with van der Waals surface area (Å²) in [5.41, 5.74) is 1.82. The molecule has 9 heteroatoms. The van der Waals surface area contributed by atoms with Crippen LogP contribution in [0.2, 0.25) is 5.02 Å². The van der Waals surface area contributed by atoms with E-state index in [1.165, 1.54) is 33.7 Å². The fourth-order valence-electron chi connectivity index (χ4n) is 4.43. The third-order valence-electron chi connectivity index (χ3n) is 6.29. The highest BCUT2D eigenvalue weighted by Crippen LogP contribution is 2.41. The lowest BCUT2D eigenvalue weighted by molar-refractivity contribution is 0.477. The van der Waals surface area contributed by atoms with E-state index >= 15 is 0 Å². The normalized spacial score (nSPS) is 16.4. The van der Waals surface area contributed by atoms with E-state index in [9.17, 15) is 14.3 Å². The molecule has 0 amide bonds. The van der Waals surface area contributed by atoms with Gasteiger partial charge in [0.1, 0.15) is 17.4 Å². The van der Waals surface area contributed by atoms with Crippen molar-refractivity contribution in [1.82, 2.24) is 19.4 Å². The summed E-state index contributed by atoms with van der Waals surface area (Å²) < 4.78 is 24.8. The number of benzene rings is 2. The quantitative estimate of drug-likeness (QED) is 0.445. The summed E-state index contributed by atoms with van der Waals surface area (Å²) in [6.07, 6.45) is 4.71. The number of piperazine rings is 1. The molecule has 1 atom stereocenters. The zero-order chi connectivity index (χ0) is 25.4. The Morgan fingerprint density at radius 1 is 1.17 bits per heavy atom. The van der Waals surface area contributed by atoms with Crippen LogP contribution in [-0.2, 0) is 7.02 Å². The molecule has 0 saturated carbocycles. The first-order chi connectivity index (χ1) is 17.4. The first-order valence-electron chi connectivity index (χ1n) is 11.9. The summed E-state index contributed by atoms with van der Waals surface area (Å²) in [5, 5.41) is 14.8. The lowest BCUT2D eigenvalue weighted by Crippen LogP contribution is -2.50. The monoisotopic (exact) mass is 494 g/mol. The number of phenolic OH excluding ortho intramolecular Hbond substituents is 1. The van der Waals surface area contributed by atoms with E-state index < -0.39 is 5.82 Å². The van der Waals surface area contributed by atoms with Crippen molar-refractivity contribution in [2.45, 2.75) is 13.0 Å². The number of rotatable bonds is 4. The van der Waals surface area contributed by atoms with E-state index in [0.29, 0.717) is 22.4 Å². The number of aromatic hydroxyl groups is 1. The Kier molecular flexibility index (Phi) is 5.75. The van der Waals surface area contributed by atoms with Crippen molar-refractivity contribution in [1.29, 1.82) is 0 Å². The number of anilines is 1. The van der Waals surface area contributed by atoms with Crippen molar-refractivity contribution in [3.05, 3.63) is 82.4 Å². The first kappa shape index (κ1) is 21.9. The lowest BCUT2D eigenvalue weighted by Gasteiger charge is -2.35. The largest absolute Gasteiger partial charge is 0.507 e. The van der Waals surface area contributed by atoms with Crippen LogP contribution in [0.4, 0.5) is 10.2 Å². The molecular weight excluding hydrogens is 469 g/mol. The summed E-state index contributed by atoms with van der Waals surface area (Å²) in [4.78, 5) is 19.1. The van der Waals surface area contributed by atoms with Gasteiger partial charge in [-0.2, -0.15) is 0 Å². The van der Waals surface area contributed by atoms with Crippen molar-refractivity contribution < 1.29 is 10.9 Å². The number of nitrogens with zero attached hydrogens (tertiary/aromatic N) is 4. The number of imidazole rings is 1. The predicted molar refractivity (Wildman–Crippen MR) is 136 cm³/mol. The van der Waals surface area contributed by atoms with Crippen LogP contribution in [0, 0.1) is 5.82 Å². The van der Waals surface area contributed by atoms with Gasteiger partial charge in [0.2, 0.25) is 0 Å². The van der Waals surface area contributed by atoms with Crippen molar-refractivity contribution >= 4 is 17.4 Å². The van der Waals surface area contributed by atoms with Crippen LogP contribution in [0.15, 0.2) is 65.8 Å². The molecule has 4 aromatic rings. The van der Waals surface area contributed by atoms with Gasteiger partial charge in [-0.05, 0) is 54.4 Å². The molecule has 1 aliphatic rings. The van der Waals surface area contributed by atoms with E-state index in [2.05, 4.69) is 22.1 Å². The molecule has 2 N–H and O–H groups in total. The molecule has 35 heavy (non-hydrogen) atoms. The Balaban J connectivity index is 1.54. The molecule has 5 rings (SSSR count). The lowest BCUT2D eigenvalue weighted by atomic mass is 9.97. The van der Waals surface area contributed by atoms with Crippen LogP contribution in [0.5, 0.6) is 5.75 Å². The van der Waals surface area contributed by atoms with Gasteiger partial charge < -0.3 is 19.9 Å². The van der Waals surface area contributed by atoms with Crippen LogP contribution in [0.3, 0.4) is 0 Å². The summed E-state index contributed by atoms with van der Waals surface area (Å²) in [6.45, 7) is 4.61. The van der Waals surface area contributed by atoms with Crippen LogP contribution < -0.4 is 15.9 Å². The average Bonchev–Trinajstić information content (AvgIpc) is 3.25. The molecule has 2 aromatic heterocycles. The van der Waals surface area contributed by atoms with Gasteiger partial charge in [-0.1, -0.05) is 17.7 Å². The smallest absolute Gasteiger partial charge is 0.332 e. The molecule has 180 valence electrons. The summed E-state index contributed by atoms with van der Waals surface area (Å²) in [6, 6.07) is 11.3. The van der Waals surface area contributed by atoms with E-state index in [4.69, 9.17) is 13.0 Å². The average molecular weight is 495 g/mol. The maximum Gasteiger partial charge on any atom is 0.332 e. The Morgan fingerprint density at radius 2 is 1.94 bits per heavy atom. The second kappa shape index (κ2) is 9.20. The molecule has 7 nitrogen and oxygen atoms in total. The zero-order valence-corrected chi connectivity index (χ0v) is 19.8. The number of aryl methyl sites for hydroxylation is 1. The number of pyridine rings is 1. The molecule has 0 radical (unpaired) electrons. The molecule has 0 unspecified atom stereocenters. The molecule has 0 bridgehead atoms. The molecule has 0 spiro atoms. The van der Waals surface area contributed by atoms with Crippen LogP contribution in [0.25, 0.3) is 27.9 Å². The molecular formula is C26H25ClFN5O2. The molecule has 3 heterocycles. The van der Waals surface area contributed by atoms with Gasteiger partial charge in [0.15, 0.2) is 0 Å². The third-order valence-corrected chi connectivity index (χ3v) is 6.60. The molecule has 1 saturated heterocycles. The minimum absolute atomic E-state index is 0.0803. The minimum atomic E-state index is -0.504. The van der Waals surface area contributed by atoms with Gasteiger partial charge in [-0.25, -0.2) is 14.2 Å². The van der Waals surface area contributed by atoms with E-state index in [0.717, 1.165) is 25.5 Å². The maximum atomic E-state index is 14.8. The van der Waals surface area contributed by atoms with Crippen molar-refractivity contribution in [3.63, 3.8) is 0 Å². The van der Waals surface area contributed by atoms with E-state index in [-0.39, 0.29) is 35.1 Å². The zero-order valence-electron chi connectivity index (χ0n) is 20.1. The number of hydrogen-bond donors (Lipinski definition) is 2. The minimum Gasteiger partial charge on any atom is -0.507 e. The number of phenols is 1. The fourth-order valence-corrected chi connectivity index (χ4v) is 4.70. The second-order valence-corrected chi connectivity index (χ2v) is 8.99. The van der Waals surface area contributed by atoms with Gasteiger partial charge in [0.05, 0.1) is 10.7 Å². The summed E-state index contributed by atoms with van der Waals surface area (Å²) in [5.74, 6) is 0.183. The SMILES string of the molecule is [2H]Cn1ccn(-c2ccc(-c3cc(F)cc(-c4ccnc(N5CCNC[C@@H]5C)c4)c3O)cc2Cl)c1=O. The summed E-state index contributed by atoms with van der Waals surface area (Å²) in [7, 11) is -0.203. The van der Waals surface area contributed by atoms with Gasteiger partial charge >= 0.3 is 5.69 Å². The molecule has 1 aliphatic heterocycles.